The number of carboxylic acids is 3. The van der Waals surface area contributed by atoms with Crippen LogP contribution in [0.3, 0.4) is 0 Å². The van der Waals surface area contributed by atoms with Gasteiger partial charge in [-0.05, 0) is 38.5 Å². The topological polar surface area (TPSA) is 120 Å². The molecule has 0 heterocycles. The first-order valence-corrected chi connectivity index (χ1v) is 26.9. The van der Waals surface area contributed by atoms with Gasteiger partial charge in [-0.15, -0.1) is 0 Å². The van der Waals surface area contributed by atoms with Crippen LogP contribution in [0.4, 0.5) is 0 Å². The van der Waals surface area contributed by atoms with Crippen molar-refractivity contribution in [2.45, 2.75) is 329 Å². The van der Waals surface area contributed by atoms with Gasteiger partial charge in [-0.25, -0.2) is 0 Å². The Hall–Kier alpha value is -0.434. The molecule has 0 aliphatic carbocycles. The number of hydrogen-bond donors (Lipinski definition) is 0. The minimum atomic E-state index is -0.903. The van der Waals surface area contributed by atoms with Crippen LogP contribution in [0.1, 0.15) is 329 Å². The molecule has 0 saturated carbocycles. The van der Waals surface area contributed by atoms with Crippen LogP contribution in [0.25, 0.3) is 0 Å². The Kier molecular flexibility index (Phi) is 76.5. The van der Waals surface area contributed by atoms with Crippen LogP contribution >= 0.6 is 0 Å². The van der Waals surface area contributed by atoms with Gasteiger partial charge < -0.3 is 29.7 Å². The molecule has 0 aromatic rings. The van der Waals surface area contributed by atoms with Crippen molar-refractivity contribution in [3.05, 3.63) is 0 Å². The maximum atomic E-state index is 10.2. The van der Waals surface area contributed by atoms with Crippen LogP contribution < -0.4 is 15.3 Å². The van der Waals surface area contributed by atoms with E-state index >= 15 is 0 Å². The van der Waals surface area contributed by atoms with Gasteiger partial charge in [-0.2, -0.15) is 0 Å². The van der Waals surface area contributed by atoms with Crippen LogP contribution in [0.15, 0.2) is 0 Å². The molecule has 0 fully saturated rings. The van der Waals surface area contributed by atoms with E-state index in [-0.39, 0.29) is 56.1 Å². The monoisotopic (exact) mass is 941 g/mol. The zero-order valence-electron chi connectivity index (χ0n) is 42.2. The normalized spacial score (nSPS) is 10.5. The first kappa shape index (κ1) is 70.6. The number of unbranched alkanes of at least 4 members (excludes halogenated alkanes) is 42. The van der Waals surface area contributed by atoms with Crippen molar-refractivity contribution in [3.8, 4) is 0 Å². The van der Waals surface area contributed by atoms with Gasteiger partial charge in [0.25, 0.3) is 0 Å². The van der Waals surface area contributed by atoms with Crippen LogP contribution in [0.5, 0.6) is 0 Å². The average molecular weight is 943 g/mol. The fourth-order valence-corrected chi connectivity index (χ4v) is 7.92. The molecule has 0 N–H and O–H groups in total. The predicted molar refractivity (Wildman–Crippen MR) is 259 cm³/mol. The van der Waals surface area contributed by atoms with Crippen LogP contribution in [0, 0.1) is 0 Å². The Balaban J connectivity index is -0.000000258. The summed E-state index contributed by atoms with van der Waals surface area (Å²) in [5, 5.41) is 30.7. The quantitative estimate of drug-likeness (QED) is 0.0442. The molecule has 0 aliphatic rings. The van der Waals surface area contributed by atoms with E-state index in [1.807, 2.05) is 0 Å². The Morgan fingerprint density at radius 3 is 0.419 bits per heavy atom. The van der Waals surface area contributed by atoms with Crippen LogP contribution in [0.2, 0.25) is 0 Å². The van der Waals surface area contributed by atoms with E-state index in [2.05, 4.69) is 20.8 Å². The summed E-state index contributed by atoms with van der Waals surface area (Å²) < 4.78 is 0. The molecule has 62 heavy (non-hydrogen) atoms. The van der Waals surface area contributed by atoms with E-state index in [0.29, 0.717) is 0 Å². The molecule has 8 heteroatoms. The molecule has 360 valence electrons. The van der Waals surface area contributed by atoms with E-state index in [0.717, 1.165) is 38.5 Å². The number of aliphatic carboxylic acids is 3. The fourth-order valence-electron chi connectivity index (χ4n) is 7.92. The van der Waals surface area contributed by atoms with Gasteiger partial charge >= 0.3 is 36.8 Å². The second-order valence-corrected chi connectivity index (χ2v) is 18.2. The summed E-state index contributed by atoms with van der Waals surface area (Å²) in [6, 6.07) is 0. The summed E-state index contributed by atoms with van der Waals surface area (Å²) in [7, 11) is 0. The minimum Gasteiger partial charge on any atom is -0.550 e. The summed E-state index contributed by atoms with van der Waals surface area (Å²) in [6.07, 6.45) is 59.6. The smallest absolute Gasteiger partial charge is 0.550 e. The predicted octanol–water partition coefficient (Wildman–Crippen LogP) is 14.6. The Bertz CT molecular complexity index is 724. The van der Waals surface area contributed by atoms with Gasteiger partial charge in [-0.1, -0.05) is 290 Å². The summed E-state index contributed by atoms with van der Waals surface area (Å²) in [5.41, 5.74) is 0. The van der Waals surface area contributed by atoms with E-state index in [1.165, 1.54) is 250 Å². The van der Waals surface area contributed by atoms with Crippen molar-refractivity contribution < 1.29 is 49.2 Å². The van der Waals surface area contributed by atoms with E-state index in [1.54, 1.807) is 0 Å². The zero-order valence-corrected chi connectivity index (χ0v) is 46.3. The molecule has 0 spiro atoms. The average Bonchev–Trinajstić information content (AvgIpc) is 3.22. The molecule has 0 radical (unpaired) electrons. The van der Waals surface area contributed by atoms with Crippen molar-refractivity contribution in [2.75, 3.05) is 0 Å². The Morgan fingerprint density at radius 1 is 0.226 bits per heavy atom. The van der Waals surface area contributed by atoms with Gasteiger partial charge in [0, 0.05) is 17.9 Å². The largest absolute Gasteiger partial charge is 3.00 e. The van der Waals surface area contributed by atoms with E-state index < -0.39 is 17.9 Å². The summed E-state index contributed by atoms with van der Waals surface area (Å²) in [6.45, 7) is 6.80. The van der Waals surface area contributed by atoms with Crippen molar-refractivity contribution in [3.63, 3.8) is 0 Å². The molecule has 6 nitrogen and oxygen atoms in total. The molecule has 0 unspecified atom stereocenters. The minimum absolute atomic E-state index is 0. The van der Waals surface area contributed by atoms with E-state index in [9.17, 15) is 29.7 Å². The van der Waals surface area contributed by atoms with Crippen molar-refractivity contribution >= 4 is 35.3 Å². The standard InChI is InChI=1S/3C18H36O2.Al.Zn/c3*1-2-3-4-5-6-7-8-9-10-11-12-13-14-15-16-17-18(19)20;;/h3*2-17H2,1H3,(H,19,20);;/q;;;+3;+2/p-3. The van der Waals surface area contributed by atoms with Gasteiger partial charge in [0.05, 0.1) is 0 Å². The maximum absolute atomic E-state index is 10.2. The Labute approximate surface area is 411 Å². The zero-order chi connectivity index (χ0) is 44.7. The number of hydrogen-bond acceptors (Lipinski definition) is 6. The van der Waals surface area contributed by atoms with Crippen molar-refractivity contribution in [1.82, 2.24) is 0 Å². The van der Waals surface area contributed by atoms with Gasteiger partial charge in [0.1, 0.15) is 0 Å². The molecule has 0 saturated heterocycles. The van der Waals surface area contributed by atoms with Gasteiger partial charge in [0.15, 0.2) is 0 Å². The third-order valence-corrected chi connectivity index (χ3v) is 12.0. The summed E-state index contributed by atoms with van der Waals surface area (Å²) in [5.74, 6) is -2.71. The molecule has 0 aromatic carbocycles. The number of carboxylic acid groups (broad SMARTS) is 3. The molecular weight excluding hydrogens is 837 g/mol. The number of carbonyl (C=O) groups excluding carboxylic acids is 3. The van der Waals surface area contributed by atoms with Crippen molar-refractivity contribution in [1.29, 1.82) is 0 Å². The molecule has 0 atom stereocenters. The number of carbonyl (C=O) groups is 3. The van der Waals surface area contributed by atoms with Crippen molar-refractivity contribution in [2.24, 2.45) is 0 Å². The molecule has 0 bridgehead atoms. The second-order valence-electron chi connectivity index (χ2n) is 18.2. The SMILES string of the molecule is CCCCCCCCCCCCCCCCCC(=O)[O-].CCCCCCCCCCCCCCCCCC(=O)[O-].CCCCCCCCCCCCCCCCCC(=O)[O-].[Al+3].[Zn+2]. The third-order valence-electron chi connectivity index (χ3n) is 12.0. The fraction of sp³-hybridized carbons (Fsp3) is 0.944. The summed E-state index contributed by atoms with van der Waals surface area (Å²) in [4.78, 5) is 30.7. The maximum Gasteiger partial charge on any atom is 3.00 e. The second kappa shape index (κ2) is 67.2. The third kappa shape index (κ3) is 79.9. The molecule has 0 aliphatic heterocycles. The molecule has 0 aromatic heterocycles. The van der Waals surface area contributed by atoms with E-state index in [4.69, 9.17) is 0 Å². The number of rotatable bonds is 48. The van der Waals surface area contributed by atoms with Crippen LogP contribution in [-0.4, -0.2) is 35.3 Å². The van der Waals surface area contributed by atoms with Crippen LogP contribution in [-0.2, 0) is 33.9 Å². The Morgan fingerprint density at radius 2 is 0.323 bits per heavy atom. The first-order valence-electron chi connectivity index (χ1n) is 26.9. The van der Waals surface area contributed by atoms with Gasteiger partial charge in [-0.3, -0.25) is 0 Å². The van der Waals surface area contributed by atoms with Gasteiger partial charge in [0.2, 0.25) is 0 Å². The molecule has 0 amide bonds. The molecule has 0 rings (SSSR count). The molecular formula is C54H105AlO6Zn+2. The summed E-state index contributed by atoms with van der Waals surface area (Å²) >= 11 is 0. The first-order chi connectivity index (χ1) is 29.3.